The summed E-state index contributed by atoms with van der Waals surface area (Å²) in [4.78, 5) is 42.1. The molecule has 2 aliphatic rings. The van der Waals surface area contributed by atoms with Crippen molar-refractivity contribution < 1.29 is 23.9 Å². The van der Waals surface area contributed by atoms with E-state index in [2.05, 4.69) is 0 Å². The Hall–Kier alpha value is -2.61. The second-order valence-electron chi connectivity index (χ2n) is 7.09. The molecule has 2 fully saturated rings. The number of rotatable bonds is 6. The van der Waals surface area contributed by atoms with Crippen molar-refractivity contribution in [1.82, 2.24) is 14.7 Å². The molecule has 28 heavy (non-hydrogen) atoms. The third kappa shape index (κ3) is 5.01. The third-order valence-electron chi connectivity index (χ3n) is 5.18. The van der Waals surface area contributed by atoms with Gasteiger partial charge in [-0.2, -0.15) is 0 Å². The third-order valence-corrected chi connectivity index (χ3v) is 5.18. The van der Waals surface area contributed by atoms with Crippen LogP contribution < -0.4 is 0 Å². The molecule has 0 spiro atoms. The zero-order chi connectivity index (χ0) is 19.9. The van der Waals surface area contributed by atoms with Crippen molar-refractivity contribution in [2.24, 2.45) is 5.92 Å². The maximum Gasteiger partial charge on any atom is 0.410 e. The molecule has 0 radical (unpaired) electrons. The fourth-order valence-electron chi connectivity index (χ4n) is 3.53. The quantitative estimate of drug-likeness (QED) is 0.724. The van der Waals surface area contributed by atoms with Gasteiger partial charge in [-0.1, -0.05) is 30.3 Å². The lowest BCUT2D eigenvalue weighted by atomic mass is 10.1. The maximum absolute atomic E-state index is 12.7. The molecular weight excluding hydrogens is 362 g/mol. The lowest BCUT2D eigenvalue weighted by Crippen LogP contribution is -2.52. The van der Waals surface area contributed by atoms with Crippen molar-refractivity contribution in [3.8, 4) is 0 Å². The number of carbonyl (C=O) groups is 3. The molecule has 1 aromatic carbocycles. The summed E-state index contributed by atoms with van der Waals surface area (Å²) in [7, 11) is 1.59. The van der Waals surface area contributed by atoms with E-state index in [1.807, 2.05) is 30.3 Å². The minimum Gasteiger partial charge on any atom is -0.445 e. The maximum atomic E-state index is 12.7. The van der Waals surface area contributed by atoms with E-state index in [9.17, 15) is 14.4 Å². The number of benzene rings is 1. The van der Waals surface area contributed by atoms with E-state index in [4.69, 9.17) is 9.47 Å². The predicted molar refractivity (Wildman–Crippen MR) is 101 cm³/mol. The van der Waals surface area contributed by atoms with Crippen molar-refractivity contribution in [3.63, 3.8) is 0 Å². The zero-order valence-corrected chi connectivity index (χ0v) is 16.2. The Balaban J connectivity index is 1.42. The van der Waals surface area contributed by atoms with Crippen LogP contribution in [0.1, 0.15) is 12.0 Å². The lowest BCUT2D eigenvalue weighted by Gasteiger charge is -2.35. The van der Waals surface area contributed by atoms with E-state index < -0.39 is 0 Å². The van der Waals surface area contributed by atoms with Gasteiger partial charge in [0.25, 0.3) is 0 Å². The number of nitrogens with zero attached hydrogens (tertiary/aromatic N) is 3. The summed E-state index contributed by atoms with van der Waals surface area (Å²) in [6.07, 6.45) is -0.111. The molecule has 2 aliphatic heterocycles. The fraction of sp³-hybridized carbons (Fsp3) is 0.550. The standard InChI is InChI=1S/C20H27N3O5/c1-27-12-11-23-14-17(13-18(23)24)19(25)21-7-9-22(10-8-21)20(26)28-15-16-5-3-2-4-6-16/h2-6,17H,7-15H2,1H3. The Labute approximate surface area is 165 Å². The lowest BCUT2D eigenvalue weighted by molar-refractivity contribution is -0.137. The SMILES string of the molecule is COCCN1CC(C(=O)N2CCN(C(=O)OCc3ccccc3)CC2)CC1=O. The molecule has 1 aromatic rings. The minimum atomic E-state index is -0.363. The molecule has 3 rings (SSSR count). The van der Waals surface area contributed by atoms with Crippen LogP contribution in [0.4, 0.5) is 4.79 Å². The Bertz CT molecular complexity index is 688. The normalized spacial score (nSPS) is 19.8. The summed E-state index contributed by atoms with van der Waals surface area (Å²) in [5, 5.41) is 0. The van der Waals surface area contributed by atoms with Gasteiger partial charge in [0, 0.05) is 52.8 Å². The molecule has 8 nitrogen and oxygen atoms in total. The van der Waals surface area contributed by atoms with E-state index in [-0.39, 0.29) is 36.9 Å². The molecule has 2 saturated heterocycles. The van der Waals surface area contributed by atoms with Crippen LogP contribution in [0.15, 0.2) is 30.3 Å². The van der Waals surface area contributed by atoms with Gasteiger partial charge in [-0.3, -0.25) is 9.59 Å². The number of hydrogen-bond donors (Lipinski definition) is 0. The smallest absolute Gasteiger partial charge is 0.410 e. The first-order valence-electron chi connectivity index (χ1n) is 9.59. The molecule has 0 aliphatic carbocycles. The molecule has 0 bridgehead atoms. The highest BCUT2D eigenvalue weighted by molar-refractivity contribution is 5.89. The minimum absolute atomic E-state index is 0.00137. The largest absolute Gasteiger partial charge is 0.445 e. The molecule has 1 unspecified atom stereocenters. The topological polar surface area (TPSA) is 79.4 Å². The monoisotopic (exact) mass is 389 g/mol. The van der Waals surface area contributed by atoms with E-state index >= 15 is 0 Å². The van der Waals surface area contributed by atoms with Crippen LogP contribution in [0.2, 0.25) is 0 Å². The van der Waals surface area contributed by atoms with Gasteiger partial charge in [-0.25, -0.2) is 4.79 Å². The van der Waals surface area contributed by atoms with Crippen molar-refractivity contribution in [2.75, 3.05) is 53.0 Å². The second kappa shape index (κ2) is 9.54. The van der Waals surface area contributed by atoms with Crippen LogP contribution >= 0.6 is 0 Å². The van der Waals surface area contributed by atoms with Crippen LogP contribution in [-0.2, 0) is 25.7 Å². The van der Waals surface area contributed by atoms with Gasteiger partial charge in [-0.05, 0) is 5.56 Å². The molecule has 1 atom stereocenters. The van der Waals surface area contributed by atoms with E-state index in [0.717, 1.165) is 5.56 Å². The fourth-order valence-corrected chi connectivity index (χ4v) is 3.53. The Morgan fingerprint density at radius 3 is 2.43 bits per heavy atom. The molecule has 152 valence electrons. The van der Waals surface area contributed by atoms with Crippen molar-refractivity contribution >= 4 is 17.9 Å². The first-order chi connectivity index (χ1) is 13.6. The summed E-state index contributed by atoms with van der Waals surface area (Å²) in [6, 6.07) is 9.52. The molecule has 8 heteroatoms. The van der Waals surface area contributed by atoms with Crippen LogP contribution in [0.25, 0.3) is 0 Å². The van der Waals surface area contributed by atoms with Gasteiger partial charge in [0.05, 0.1) is 12.5 Å². The number of carbonyl (C=O) groups excluding carboxylic acids is 3. The molecular formula is C20H27N3O5. The summed E-state index contributed by atoms with van der Waals surface area (Å²) in [5.41, 5.74) is 0.939. The Morgan fingerprint density at radius 1 is 1.07 bits per heavy atom. The average molecular weight is 389 g/mol. The highest BCUT2D eigenvalue weighted by atomic mass is 16.6. The summed E-state index contributed by atoms with van der Waals surface area (Å²) < 4.78 is 10.4. The number of methoxy groups -OCH3 is 1. The number of hydrogen-bond acceptors (Lipinski definition) is 5. The van der Waals surface area contributed by atoms with Gasteiger partial charge in [-0.15, -0.1) is 0 Å². The molecule has 0 saturated carbocycles. The van der Waals surface area contributed by atoms with E-state index in [1.165, 1.54) is 0 Å². The summed E-state index contributed by atoms with van der Waals surface area (Å²) in [6.45, 7) is 3.46. The number of likely N-dealkylation sites (tertiary alicyclic amines) is 1. The zero-order valence-electron chi connectivity index (χ0n) is 16.2. The Morgan fingerprint density at radius 2 is 1.75 bits per heavy atom. The van der Waals surface area contributed by atoms with Crippen LogP contribution in [0, 0.1) is 5.92 Å². The highest BCUT2D eigenvalue weighted by Crippen LogP contribution is 2.21. The number of amides is 3. The second-order valence-corrected chi connectivity index (χ2v) is 7.09. The highest BCUT2D eigenvalue weighted by Gasteiger charge is 2.37. The summed E-state index contributed by atoms with van der Waals surface area (Å²) in [5.74, 6) is -0.315. The average Bonchev–Trinajstić information content (AvgIpc) is 3.11. The van der Waals surface area contributed by atoms with Gasteiger partial charge in [0.1, 0.15) is 6.61 Å². The van der Waals surface area contributed by atoms with Crippen LogP contribution in [0.3, 0.4) is 0 Å². The van der Waals surface area contributed by atoms with Crippen LogP contribution in [0.5, 0.6) is 0 Å². The summed E-state index contributed by atoms with van der Waals surface area (Å²) >= 11 is 0. The van der Waals surface area contributed by atoms with Crippen molar-refractivity contribution in [3.05, 3.63) is 35.9 Å². The van der Waals surface area contributed by atoms with Gasteiger partial charge < -0.3 is 24.2 Å². The van der Waals surface area contributed by atoms with Gasteiger partial charge in [0.15, 0.2) is 0 Å². The molecule has 0 aromatic heterocycles. The van der Waals surface area contributed by atoms with E-state index in [0.29, 0.717) is 45.9 Å². The van der Waals surface area contributed by atoms with Gasteiger partial charge >= 0.3 is 6.09 Å². The number of piperazine rings is 1. The van der Waals surface area contributed by atoms with E-state index in [1.54, 1.807) is 21.8 Å². The Kier molecular flexibility index (Phi) is 6.86. The van der Waals surface area contributed by atoms with Crippen molar-refractivity contribution in [2.45, 2.75) is 13.0 Å². The predicted octanol–water partition coefficient (Wildman–Crippen LogP) is 0.962. The first kappa shape index (κ1) is 20.1. The number of ether oxygens (including phenoxy) is 2. The van der Waals surface area contributed by atoms with Gasteiger partial charge in [0.2, 0.25) is 11.8 Å². The van der Waals surface area contributed by atoms with Crippen LogP contribution in [-0.4, -0.2) is 85.6 Å². The van der Waals surface area contributed by atoms with Crippen molar-refractivity contribution in [1.29, 1.82) is 0 Å². The molecule has 2 heterocycles. The molecule has 0 N–H and O–H groups in total. The first-order valence-corrected chi connectivity index (χ1v) is 9.59. The molecule has 3 amide bonds.